The van der Waals surface area contributed by atoms with Crippen LogP contribution in [0, 0.1) is 10.1 Å². The molecule has 1 aromatic carbocycles. The minimum absolute atomic E-state index is 0.0385. The number of fused-ring (bicyclic) bond motifs is 1. The minimum atomic E-state index is -4.08. The molecule has 0 bridgehead atoms. The Morgan fingerprint density at radius 3 is 2.54 bits per heavy atom. The van der Waals surface area contributed by atoms with Crippen molar-refractivity contribution in [2.75, 3.05) is 18.5 Å². The van der Waals surface area contributed by atoms with Gasteiger partial charge in [-0.25, -0.2) is 13.6 Å². The van der Waals surface area contributed by atoms with E-state index < -0.39 is 29.0 Å². The van der Waals surface area contributed by atoms with E-state index in [2.05, 4.69) is 39.2 Å². The van der Waals surface area contributed by atoms with Crippen LogP contribution in [0.5, 0.6) is 5.75 Å². The van der Waals surface area contributed by atoms with Gasteiger partial charge in [0.25, 0.3) is 5.69 Å². The van der Waals surface area contributed by atoms with E-state index in [0.717, 1.165) is 6.07 Å². The number of hydrogen-bond acceptors (Lipinski definition) is 7. The fourth-order valence-corrected chi connectivity index (χ4v) is 3.79. The Bertz CT molecular complexity index is 819. The fourth-order valence-electron chi connectivity index (χ4n) is 2.19. The van der Waals surface area contributed by atoms with Gasteiger partial charge in [-0.1, -0.05) is 20.8 Å². The van der Waals surface area contributed by atoms with Crippen molar-refractivity contribution in [3.05, 3.63) is 22.2 Å². The number of anilines is 1. The highest BCUT2D eigenvalue weighted by molar-refractivity contribution is 7.89. The Morgan fingerprint density at radius 1 is 1.42 bits per heavy atom. The summed E-state index contributed by atoms with van der Waals surface area (Å²) in [6, 6.07) is 1.84. The van der Waals surface area contributed by atoms with Crippen LogP contribution >= 0.6 is 0 Å². The van der Waals surface area contributed by atoms with Crippen molar-refractivity contribution in [3.8, 4) is 5.75 Å². The molecule has 0 radical (unpaired) electrons. The second kappa shape index (κ2) is 6.80. The number of sulfonamides is 1. The van der Waals surface area contributed by atoms with Crippen LogP contribution in [0.4, 0.5) is 11.4 Å². The van der Waals surface area contributed by atoms with Gasteiger partial charge in [-0.3, -0.25) is 10.1 Å². The summed E-state index contributed by atoms with van der Waals surface area (Å²) in [5.41, 5.74) is -0.263. The van der Waals surface area contributed by atoms with Gasteiger partial charge in [-0.2, -0.15) is 0 Å². The average molecular weight is 404 g/mol. The molecule has 1 aromatic rings. The Hall–Kier alpha value is -1.69. The second-order valence-electron chi connectivity index (χ2n) is 7.84. The van der Waals surface area contributed by atoms with Crippen molar-refractivity contribution in [1.29, 1.82) is 0 Å². The quantitative estimate of drug-likeness (QED) is 0.438. The van der Waals surface area contributed by atoms with Gasteiger partial charge in [0.15, 0.2) is 19.8 Å². The van der Waals surface area contributed by atoms with Crippen molar-refractivity contribution >= 4 is 29.7 Å². The van der Waals surface area contributed by atoms with Crippen LogP contribution in [-0.2, 0) is 14.4 Å². The third-order valence-corrected chi connectivity index (χ3v) is 10.2. The normalized spacial score (nSPS) is 17.8. The van der Waals surface area contributed by atoms with Crippen LogP contribution in [0.1, 0.15) is 20.8 Å². The molecule has 1 heterocycles. The molecule has 0 unspecified atom stereocenters. The number of primary sulfonamides is 1. The number of rotatable bonds is 5. The first-order valence-electron chi connectivity index (χ1n) is 8.11. The predicted molar refractivity (Wildman–Crippen MR) is 101 cm³/mol. The maximum atomic E-state index is 11.5. The van der Waals surface area contributed by atoms with Gasteiger partial charge >= 0.3 is 0 Å². The van der Waals surface area contributed by atoms with Crippen molar-refractivity contribution in [2.45, 2.75) is 49.8 Å². The molecule has 9 nitrogen and oxygen atoms in total. The number of nitrogens with one attached hydrogen (secondary N) is 1. The van der Waals surface area contributed by atoms with E-state index in [-0.39, 0.29) is 34.0 Å². The molecule has 0 saturated heterocycles. The summed E-state index contributed by atoms with van der Waals surface area (Å²) in [7, 11) is -6.06. The first-order valence-corrected chi connectivity index (χ1v) is 12.6. The van der Waals surface area contributed by atoms with E-state index in [9.17, 15) is 18.5 Å². The molecule has 146 valence electrons. The number of nitrogens with two attached hydrogens (primary N) is 1. The molecule has 2 rings (SSSR count). The third kappa shape index (κ3) is 4.34. The Labute approximate surface area is 154 Å². The molecule has 0 aromatic heterocycles. The molecular weight excluding hydrogens is 378 g/mol. The zero-order valence-electron chi connectivity index (χ0n) is 15.5. The van der Waals surface area contributed by atoms with E-state index in [4.69, 9.17) is 14.3 Å². The maximum absolute atomic E-state index is 11.5. The van der Waals surface area contributed by atoms with Crippen LogP contribution in [0.3, 0.4) is 0 Å². The smallest absolute Gasteiger partial charge is 0.297 e. The van der Waals surface area contributed by atoms with Gasteiger partial charge in [0.05, 0.1) is 22.5 Å². The van der Waals surface area contributed by atoms with Crippen LogP contribution in [0.2, 0.25) is 18.1 Å². The van der Waals surface area contributed by atoms with Gasteiger partial charge < -0.3 is 14.5 Å². The Balaban J connectivity index is 2.26. The first-order chi connectivity index (χ1) is 11.7. The molecule has 0 spiro atoms. The predicted octanol–water partition coefficient (Wildman–Crippen LogP) is 2.44. The largest absolute Gasteiger partial charge is 0.489 e. The van der Waals surface area contributed by atoms with Crippen molar-refractivity contribution in [1.82, 2.24) is 0 Å². The molecule has 1 aliphatic heterocycles. The SMILES string of the molecule is CC(C)(C)[Si](C)(C)OC[C@H]1COc2cc(S(N)(=O)=O)cc([N+](=O)[O-])c2N1. The molecule has 11 heteroatoms. The van der Waals surface area contributed by atoms with Gasteiger partial charge in [0.1, 0.15) is 6.61 Å². The van der Waals surface area contributed by atoms with E-state index >= 15 is 0 Å². The van der Waals surface area contributed by atoms with Crippen molar-refractivity contribution in [3.63, 3.8) is 0 Å². The van der Waals surface area contributed by atoms with Gasteiger partial charge in [0.2, 0.25) is 10.0 Å². The van der Waals surface area contributed by atoms with E-state index in [1.807, 2.05) is 0 Å². The number of ether oxygens (including phenoxy) is 1. The van der Waals surface area contributed by atoms with Gasteiger partial charge in [-0.05, 0) is 18.1 Å². The monoisotopic (exact) mass is 403 g/mol. The molecule has 1 atom stereocenters. The van der Waals surface area contributed by atoms with Crippen LogP contribution in [-0.4, -0.2) is 40.9 Å². The maximum Gasteiger partial charge on any atom is 0.297 e. The van der Waals surface area contributed by atoms with Crippen LogP contribution in [0.15, 0.2) is 17.0 Å². The number of nitro benzene ring substituents is 1. The van der Waals surface area contributed by atoms with E-state index in [1.165, 1.54) is 6.07 Å². The Kier molecular flexibility index (Phi) is 5.39. The topological polar surface area (TPSA) is 134 Å². The number of nitro groups is 1. The lowest BCUT2D eigenvalue weighted by atomic mass is 10.2. The number of hydrogen-bond donors (Lipinski definition) is 2. The standard InChI is InChI=1S/C15H25N3O6SSi/c1-15(2,3)26(4,5)24-9-10-8-23-13-7-11(25(16,21)22)6-12(18(19)20)14(13)17-10/h6-7,10,17H,8-9H2,1-5H3,(H2,16,21,22)/t10-/m1/s1. The lowest BCUT2D eigenvalue weighted by Gasteiger charge is -2.38. The second-order valence-corrected chi connectivity index (χ2v) is 14.2. The molecule has 0 fully saturated rings. The van der Waals surface area contributed by atoms with Crippen LogP contribution in [0.25, 0.3) is 0 Å². The molecule has 0 aliphatic carbocycles. The molecule has 26 heavy (non-hydrogen) atoms. The summed E-state index contributed by atoms with van der Waals surface area (Å²) < 4.78 is 34.8. The van der Waals surface area contributed by atoms with Crippen LogP contribution < -0.4 is 15.2 Å². The molecule has 1 aliphatic rings. The van der Waals surface area contributed by atoms with Crippen molar-refractivity contribution < 1.29 is 22.5 Å². The van der Waals surface area contributed by atoms with E-state index in [0.29, 0.717) is 6.61 Å². The zero-order valence-corrected chi connectivity index (χ0v) is 17.3. The number of benzene rings is 1. The lowest BCUT2D eigenvalue weighted by Crippen LogP contribution is -2.45. The van der Waals surface area contributed by atoms with Gasteiger partial charge in [0, 0.05) is 12.1 Å². The highest BCUT2D eigenvalue weighted by Gasteiger charge is 2.38. The zero-order chi connectivity index (χ0) is 19.9. The van der Waals surface area contributed by atoms with E-state index in [1.54, 1.807) is 0 Å². The van der Waals surface area contributed by atoms with Crippen molar-refractivity contribution in [2.24, 2.45) is 5.14 Å². The summed E-state index contributed by atoms with van der Waals surface area (Å²) in [5.74, 6) is 0.0896. The average Bonchev–Trinajstić information content (AvgIpc) is 2.49. The minimum Gasteiger partial charge on any atom is -0.489 e. The van der Waals surface area contributed by atoms with Gasteiger partial charge in [-0.15, -0.1) is 0 Å². The fraction of sp³-hybridized carbons (Fsp3) is 0.600. The number of nitrogens with zero attached hydrogens (tertiary/aromatic N) is 1. The molecule has 0 saturated carbocycles. The summed E-state index contributed by atoms with van der Waals surface area (Å²) >= 11 is 0. The first kappa shape index (κ1) is 20.6. The highest BCUT2D eigenvalue weighted by Crippen LogP contribution is 2.40. The summed E-state index contributed by atoms with van der Waals surface area (Å²) in [5, 5.41) is 19.5. The summed E-state index contributed by atoms with van der Waals surface area (Å²) in [4.78, 5) is 10.3. The molecular formula is C15H25N3O6SSi. The molecule has 0 amide bonds. The highest BCUT2D eigenvalue weighted by atomic mass is 32.2. The summed E-state index contributed by atoms with van der Waals surface area (Å²) in [6.07, 6.45) is 0. The Morgan fingerprint density at radius 2 is 2.04 bits per heavy atom. The lowest BCUT2D eigenvalue weighted by molar-refractivity contribution is -0.384. The third-order valence-electron chi connectivity index (χ3n) is 4.82. The summed E-state index contributed by atoms with van der Waals surface area (Å²) in [6.45, 7) is 11.1. The molecule has 3 N–H and O–H groups in total.